The summed E-state index contributed by atoms with van der Waals surface area (Å²) in [5, 5.41) is 5.59. The first-order chi connectivity index (χ1) is 15.8. The number of aryl methyl sites for hydroxylation is 1. The highest BCUT2D eigenvalue weighted by Gasteiger charge is 2.22. The molecule has 33 heavy (non-hydrogen) atoms. The Kier molecular flexibility index (Phi) is 7.63. The lowest BCUT2D eigenvalue weighted by atomic mass is 10.1. The van der Waals surface area contributed by atoms with Crippen LogP contribution in [-0.4, -0.2) is 37.6 Å². The maximum atomic E-state index is 12.8. The average Bonchev–Trinajstić information content (AvgIpc) is 2.80. The van der Waals surface area contributed by atoms with Gasteiger partial charge in [-0.1, -0.05) is 38.1 Å². The number of carbonyl (C=O) groups is 2. The fraction of sp³-hybridized carbons (Fsp3) is 0.200. The number of anilines is 2. The Balaban J connectivity index is 1.78. The largest absolute Gasteiger partial charge is 0.322 e. The molecule has 0 unspecified atom stereocenters. The normalized spacial score (nSPS) is 11.3. The highest BCUT2D eigenvalue weighted by molar-refractivity contribution is 7.89. The van der Waals surface area contributed by atoms with Crippen molar-refractivity contribution >= 4 is 33.2 Å². The van der Waals surface area contributed by atoms with Gasteiger partial charge in [-0.25, -0.2) is 8.42 Å². The van der Waals surface area contributed by atoms with E-state index in [0.717, 1.165) is 5.56 Å². The van der Waals surface area contributed by atoms with Gasteiger partial charge in [-0.15, -0.1) is 0 Å². The topological polar surface area (TPSA) is 95.6 Å². The second kappa shape index (κ2) is 10.4. The van der Waals surface area contributed by atoms with Crippen molar-refractivity contribution in [1.82, 2.24) is 4.31 Å². The molecule has 3 aromatic rings. The van der Waals surface area contributed by atoms with Crippen molar-refractivity contribution in [2.45, 2.75) is 25.7 Å². The molecule has 0 atom stereocenters. The number of amides is 2. The number of benzene rings is 3. The van der Waals surface area contributed by atoms with Crippen molar-refractivity contribution in [2.75, 3.05) is 23.7 Å². The molecule has 2 N–H and O–H groups in total. The van der Waals surface area contributed by atoms with Crippen molar-refractivity contribution in [3.8, 4) is 0 Å². The number of hydrogen-bond donors (Lipinski definition) is 2. The molecule has 3 rings (SSSR count). The van der Waals surface area contributed by atoms with Crippen LogP contribution in [0.1, 0.15) is 40.1 Å². The van der Waals surface area contributed by atoms with E-state index in [1.54, 1.807) is 44.2 Å². The van der Waals surface area contributed by atoms with Gasteiger partial charge >= 0.3 is 0 Å². The molecule has 2 amide bonds. The zero-order chi connectivity index (χ0) is 24.0. The van der Waals surface area contributed by atoms with Crippen LogP contribution in [-0.2, 0) is 10.0 Å². The molecule has 0 radical (unpaired) electrons. The Labute approximate surface area is 194 Å². The summed E-state index contributed by atoms with van der Waals surface area (Å²) in [7, 11) is -3.60. The number of rotatable bonds is 8. The third-order valence-corrected chi connectivity index (χ3v) is 7.22. The van der Waals surface area contributed by atoms with Crippen LogP contribution in [0.3, 0.4) is 0 Å². The highest BCUT2D eigenvalue weighted by atomic mass is 32.2. The van der Waals surface area contributed by atoms with E-state index in [2.05, 4.69) is 10.6 Å². The fourth-order valence-electron chi connectivity index (χ4n) is 3.40. The van der Waals surface area contributed by atoms with Gasteiger partial charge in [0.15, 0.2) is 0 Å². The molecule has 0 saturated heterocycles. The van der Waals surface area contributed by atoms with Crippen LogP contribution in [0.25, 0.3) is 0 Å². The standard InChI is InChI=1S/C25H27N3O4S/c1-4-28(5-2)33(31,32)21-15-13-19(14-16-21)24(29)27-23-12-7-6-11-22(23)25(30)26-20-10-8-9-18(3)17-20/h6-17H,4-5H2,1-3H3,(H,26,30)(H,27,29). The summed E-state index contributed by atoms with van der Waals surface area (Å²) in [6.07, 6.45) is 0. The van der Waals surface area contributed by atoms with Gasteiger partial charge in [-0.2, -0.15) is 4.31 Å². The molecule has 0 aliphatic rings. The first kappa shape index (κ1) is 24.2. The summed E-state index contributed by atoms with van der Waals surface area (Å²) < 4.78 is 26.6. The Hall–Kier alpha value is -3.49. The summed E-state index contributed by atoms with van der Waals surface area (Å²) in [5.74, 6) is -0.797. The molecule has 0 bridgehead atoms. The van der Waals surface area contributed by atoms with E-state index in [-0.39, 0.29) is 16.4 Å². The van der Waals surface area contributed by atoms with Gasteiger partial charge in [0.05, 0.1) is 16.1 Å². The lowest BCUT2D eigenvalue weighted by molar-refractivity contribution is 0.102. The number of nitrogens with zero attached hydrogens (tertiary/aromatic N) is 1. The van der Waals surface area contributed by atoms with Gasteiger partial charge in [0.2, 0.25) is 10.0 Å². The number of nitrogens with one attached hydrogen (secondary N) is 2. The van der Waals surface area contributed by atoms with Crippen LogP contribution in [0.15, 0.2) is 77.7 Å². The van der Waals surface area contributed by atoms with Crippen molar-refractivity contribution in [3.05, 3.63) is 89.5 Å². The second-order valence-corrected chi connectivity index (χ2v) is 9.37. The first-order valence-corrected chi connectivity index (χ1v) is 12.1. The van der Waals surface area contributed by atoms with Gasteiger partial charge < -0.3 is 10.6 Å². The lowest BCUT2D eigenvalue weighted by Gasteiger charge is -2.18. The SMILES string of the molecule is CCN(CC)S(=O)(=O)c1ccc(C(=O)Nc2ccccc2C(=O)Nc2cccc(C)c2)cc1. The molecule has 0 spiro atoms. The summed E-state index contributed by atoms with van der Waals surface area (Å²) >= 11 is 0. The molecule has 8 heteroatoms. The zero-order valence-corrected chi connectivity index (χ0v) is 19.6. The second-order valence-electron chi connectivity index (χ2n) is 7.44. The average molecular weight is 466 g/mol. The number of hydrogen-bond acceptors (Lipinski definition) is 4. The van der Waals surface area contributed by atoms with E-state index >= 15 is 0 Å². The van der Waals surface area contributed by atoms with Crippen molar-refractivity contribution in [1.29, 1.82) is 0 Å². The summed E-state index contributed by atoms with van der Waals surface area (Å²) in [6.45, 7) is 6.21. The Morgan fingerprint density at radius 1 is 0.818 bits per heavy atom. The molecule has 172 valence electrons. The number of sulfonamides is 1. The van der Waals surface area contributed by atoms with Gasteiger partial charge in [0.1, 0.15) is 0 Å². The van der Waals surface area contributed by atoms with Crippen LogP contribution in [0.4, 0.5) is 11.4 Å². The van der Waals surface area contributed by atoms with Crippen LogP contribution >= 0.6 is 0 Å². The highest BCUT2D eigenvalue weighted by Crippen LogP contribution is 2.20. The quantitative estimate of drug-likeness (QED) is 0.511. The molecule has 3 aromatic carbocycles. The summed E-state index contributed by atoms with van der Waals surface area (Å²) in [5.41, 5.74) is 2.62. The molecular formula is C25H27N3O4S. The smallest absolute Gasteiger partial charge is 0.257 e. The van der Waals surface area contributed by atoms with E-state index < -0.39 is 15.9 Å². The van der Waals surface area contributed by atoms with Gasteiger partial charge in [0, 0.05) is 24.3 Å². The van der Waals surface area contributed by atoms with Gasteiger partial charge in [-0.3, -0.25) is 9.59 Å². The first-order valence-electron chi connectivity index (χ1n) is 10.6. The van der Waals surface area contributed by atoms with E-state index in [9.17, 15) is 18.0 Å². The summed E-state index contributed by atoms with van der Waals surface area (Å²) in [4.78, 5) is 25.7. The van der Waals surface area contributed by atoms with E-state index in [1.165, 1.54) is 28.6 Å². The number of carbonyl (C=O) groups excluding carboxylic acids is 2. The molecule has 0 aliphatic heterocycles. The van der Waals surface area contributed by atoms with Crippen LogP contribution in [0, 0.1) is 6.92 Å². The van der Waals surface area contributed by atoms with E-state index in [1.807, 2.05) is 25.1 Å². The predicted molar refractivity (Wildman–Crippen MR) is 130 cm³/mol. The van der Waals surface area contributed by atoms with Crippen molar-refractivity contribution in [3.63, 3.8) is 0 Å². The van der Waals surface area contributed by atoms with Crippen LogP contribution in [0.5, 0.6) is 0 Å². The molecular weight excluding hydrogens is 438 g/mol. The van der Waals surface area contributed by atoms with Crippen LogP contribution in [0.2, 0.25) is 0 Å². The third-order valence-electron chi connectivity index (χ3n) is 5.16. The maximum absolute atomic E-state index is 12.8. The van der Waals surface area contributed by atoms with Crippen LogP contribution < -0.4 is 10.6 Å². The van der Waals surface area contributed by atoms with E-state index in [0.29, 0.717) is 30.0 Å². The molecule has 0 fully saturated rings. The lowest BCUT2D eigenvalue weighted by Crippen LogP contribution is -2.30. The maximum Gasteiger partial charge on any atom is 0.257 e. The summed E-state index contributed by atoms with van der Waals surface area (Å²) in [6, 6.07) is 19.9. The predicted octanol–water partition coefficient (Wildman–Crippen LogP) is 4.53. The Bertz CT molecular complexity index is 1250. The molecule has 0 saturated carbocycles. The molecule has 0 aliphatic carbocycles. The monoisotopic (exact) mass is 465 g/mol. The minimum atomic E-state index is -3.60. The Morgan fingerprint density at radius 2 is 1.48 bits per heavy atom. The molecule has 7 nitrogen and oxygen atoms in total. The third kappa shape index (κ3) is 5.66. The molecule has 0 heterocycles. The Morgan fingerprint density at radius 3 is 2.12 bits per heavy atom. The van der Waals surface area contributed by atoms with Crippen molar-refractivity contribution < 1.29 is 18.0 Å². The van der Waals surface area contributed by atoms with Gasteiger partial charge in [-0.05, 0) is 61.0 Å². The minimum Gasteiger partial charge on any atom is -0.322 e. The number of para-hydroxylation sites is 1. The van der Waals surface area contributed by atoms with E-state index in [4.69, 9.17) is 0 Å². The van der Waals surface area contributed by atoms with Gasteiger partial charge in [0.25, 0.3) is 11.8 Å². The zero-order valence-electron chi connectivity index (χ0n) is 18.8. The van der Waals surface area contributed by atoms with Crippen molar-refractivity contribution in [2.24, 2.45) is 0 Å². The minimum absolute atomic E-state index is 0.126. The molecule has 0 aromatic heterocycles. The fourth-order valence-corrected chi connectivity index (χ4v) is 4.85.